The number of halogens is 1. The molecule has 0 bridgehead atoms. The second-order valence-electron chi connectivity index (χ2n) is 6.88. The molecule has 1 aromatic rings. The average Bonchev–Trinajstić information content (AvgIpc) is 2.69. The second-order valence-corrected chi connectivity index (χ2v) is 6.88. The maximum Gasteiger partial charge on any atom is 0.193 e. The molecule has 0 spiro atoms. The molecule has 6 heteroatoms. The Hall–Kier alpha value is -0.860. The van der Waals surface area contributed by atoms with E-state index in [1.807, 2.05) is 0 Å². The summed E-state index contributed by atoms with van der Waals surface area (Å²) in [5, 5.41) is 3.38. The summed E-state index contributed by atoms with van der Waals surface area (Å²) in [5.41, 5.74) is 2.44. The number of hydrogen-bond acceptors (Lipinski definition) is 3. The summed E-state index contributed by atoms with van der Waals surface area (Å²) in [4.78, 5) is 6.98. The van der Waals surface area contributed by atoms with Gasteiger partial charge in [-0.3, -0.25) is 0 Å². The zero-order valence-electron chi connectivity index (χ0n) is 17.1. The molecule has 1 aliphatic heterocycles. The van der Waals surface area contributed by atoms with E-state index in [9.17, 15) is 0 Å². The SMILES string of the molecule is CCCCN(C)C(=NCc1ccc(COC2CCOCC2)cc1)NCC.I. The van der Waals surface area contributed by atoms with Gasteiger partial charge in [-0.15, -0.1) is 24.0 Å². The average molecular weight is 489 g/mol. The van der Waals surface area contributed by atoms with Crippen LogP contribution in [0.5, 0.6) is 0 Å². The molecule has 0 saturated carbocycles. The van der Waals surface area contributed by atoms with Crippen molar-refractivity contribution in [3.8, 4) is 0 Å². The van der Waals surface area contributed by atoms with Crippen LogP contribution in [0.25, 0.3) is 0 Å². The summed E-state index contributed by atoms with van der Waals surface area (Å²) in [7, 11) is 2.11. The highest BCUT2D eigenvalue weighted by molar-refractivity contribution is 14.0. The predicted octanol–water partition coefficient (Wildman–Crippen LogP) is 4.20. The first-order valence-corrected chi connectivity index (χ1v) is 9.99. The molecule has 1 heterocycles. The smallest absolute Gasteiger partial charge is 0.193 e. The minimum atomic E-state index is 0. The van der Waals surface area contributed by atoms with Crippen LogP contribution in [0.1, 0.15) is 50.7 Å². The molecule has 1 N–H and O–H groups in total. The highest BCUT2D eigenvalue weighted by atomic mass is 127. The van der Waals surface area contributed by atoms with Gasteiger partial charge < -0.3 is 19.7 Å². The van der Waals surface area contributed by atoms with E-state index >= 15 is 0 Å². The van der Waals surface area contributed by atoms with Crippen LogP contribution >= 0.6 is 24.0 Å². The number of nitrogens with zero attached hydrogens (tertiary/aromatic N) is 2. The van der Waals surface area contributed by atoms with Gasteiger partial charge in [-0.25, -0.2) is 4.99 Å². The Morgan fingerprint density at radius 1 is 1.19 bits per heavy atom. The van der Waals surface area contributed by atoms with E-state index in [4.69, 9.17) is 14.5 Å². The molecule has 0 aromatic heterocycles. The van der Waals surface area contributed by atoms with Gasteiger partial charge >= 0.3 is 0 Å². The number of unbranched alkanes of at least 4 members (excludes halogenated alkanes) is 1. The standard InChI is InChI=1S/C21H35N3O2.HI/c1-4-6-13-24(3)21(22-5-2)23-16-18-7-9-19(10-8-18)17-26-20-11-14-25-15-12-20;/h7-10,20H,4-6,11-17H2,1-3H3,(H,22,23);1H. The first-order valence-electron chi connectivity index (χ1n) is 9.99. The van der Waals surface area contributed by atoms with Crippen molar-refractivity contribution in [1.29, 1.82) is 0 Å². The van der Waals surface area contributed by atoms with E-state index in [1.165, 1.54) is 24.0 Å². The Labute approximate surface area is 181 Å². The molecule has 0 amide bonds. The normalized spacial score (nSPS) is 15.3. The number of rotatable bonds is 9. The third-order valence-electron chi connectivity index (χ3n) is 4.63. The zero-order chi connectivity index (χ0) is 18.6. The van der Waals surface area contributed by atoms with Crippen LogP contribution < -0.4 is 5.32 Å². The van der Waals surface area contributed by atoms with Crippen molar-refractivity contribution in [1.82, 2.24) is 10.2 Å². The van der Waals surface area contributed by atoms with Crippen molar-refractivity contribution in [2.45, 2.75) is 58.8 Å². The Balaban J connectivity index is 0.00000364. The van der Waals surface area contributed by atoms with Crippen molar-refractivity contribution in [3.05, 3.63) is 35.4 Å². The fourth-order valence-corrected chi connectivity index (χ4v) is 2.93. The monoisotopic (exact) mass is 489 g/mol. The van der Waals surface area contributed by atoms with E-state index in [1.54, 1.807) is 0 Å². The van der Waals surface area contributed by atoms with Gasteiger partial charge in [0.15, 0.2) is 5.96 Å². The third kappa shape index (κ3) is 9.25. The number of benzene rings is 1. The minimum absolute atomic E-state index is 0. The van der Waals surface area contributed by atoms with Crippen molar-refractivity contribution < 1.29 is 9.47 Å². The molecule has 1 aromatic carbocycles. The fraction of sp³-hybridized carbons (Fsp3) is 0.667. The molecule has 27 heavy (non-hydrogen) atoms. The van der Waals surface area contributed by atoms with Gasteiger partial charge in [-0.2, -0.15) is 0 Å². The lowest BCUT2D eigenvalue weighted by Gasteiger charge is -2.22. The lowest BCUT2D eigenvalue weighted by Crippen LogP contribution is -2.39. The Kier molecular flexibility index (Phi) is 12.7. The quantitative estimate of drug-likeness (QED) is 0.321. The first-order chi connectivity index (χ1) is 12.7. The zero-order valence-corrected chi connectivity index (χ0v) is 19.4. The Bertz CT molecular complexity index is 531. The molecule has 0 radical (unpaired) electrons. The van der Waals surface area contributed by atoms with Gasteiger partial charge in [-0.1, -0.05) is 37.6 Å². The van der Waals surface area contributed by atoms with Gasteiger partial charge in [0.1, 0.15) is 0 Å². The molecule has 5 nitrogen and oxygen atoms in total. The summed E-state index contributed by atoms with van der Waals surface area (Å²) in [6.07, 6.45) is 4.73. The van der Waals surface area contributed by atoms with E-state index < -0.39 is 0 Å². The van der Waals surface area contributed by atoms with Crippen LogP contribution in [0, 0.1) is 0 Å². The topological polar surface area (TPSA) is 46.1 Å². The third-order valence-corrected chi connectivity index (χ3v) is 4.63. The van der Waals surface area contributed by atoms with Crippen molar-refractivity contribution in [2.75, 3.05) is 33.4 Å². The van der Waals surface area contributed by atoms with E-state index in [0.29, 0.717) is 19.3 Å². The summed E-state index contributed by atoms with van der Waals surface area (Å²) in [6, 6.07) is 8.61. The van der Waals surface area contributed by atoms with Crippen LogP contribution in [-0.4, -0.2) is 50.3 Å². The number of nitrogens with one attached hydrogen (secondary N) is 1. The summed E-state index contributed by atoms with van der Waals surface area (Å²) < 4.78 is 11.4. The highest BCUT2D eigenvalue weighted by Crippen LogP contribution is 2.14. The molecule has 0 unspecified atom stereocenters. The van der Waals surface area contributed by atoms with E-state index in [0.717, 1.165) is 45.1 Å². The molecule has 0 aliphatic carbocycles. The van der Waals surface area contributed by atoms with Gasteiger partial charge in [0.05, 0.1) is 19.3 Å². The van der Waals surface area contributed by atoms with Crippen LogP contribution in [0.4, 0.5) is 0 Å². The molecule has 154 valence electrons. The van der Waals surface area contributed by atoms with Crippen LogP contribution in [0.2, 0.25) is 0 Å². The maximum atomic E-state index is 5.98. The largest absolute Gasteiger partial charge is 0.381 e. The number of aliphatic imine (C=N–C) groups is 1. The Morgan fingerprint density at radius 3 is 2.48 bits per heavy atom. The van der Waals surface area contributed by atoms with Crippen LogP contribution in [-0.2, 0) is 22.6 Å². The second kappa shape index (κ2) is 14.2. The summed E-state index contributed by atoms with van der Waals surface area (Å²) >= 11 is 0. The van der Waals surface area contributed by atoms with Crippen molar-refractivity contribution in [2.24, 2.45) is 4.99 Å². The summed E-state index contributed by atoms with van der Waals surface area (Å²) in [5.74, 6) is 0.980. The van der Waals surface area contributed by atoms with Gasteiger partial charge in [-0.05, 0) is 37.3 Å². The Morgan fingerprint density at radius 2 is 1.85 bits per heavy atom. The molecular weight excluding hydrogens is 453 g/mol. The minimum Gasteiger partial charge on any atom is -0.381 e. The molecular formula is C21H36IN3O2. The molecule has 0 atom stereocenters. The van der Waals surface area contributed by atoms with Gasteiger partial charge in [0.25, 0.3) is 0 Å². The molecule has 1 fully saturated rings. The fourth-order valence-electron chi connectivity index (χ4n) is 2.93. The van der Waals surface area contributed by atoms with Crippen molar-refractivity contribution in [3.63, 3.8) is 0 Å². The van der Waals surface area contributed by atoms with Crippen LogP contribution in [0.3, 0.4) is 0 Å². The number of hydrogen-bond donors (Lipinski definition) is 1. The molecule has 1 saturated heterocycles. The predicted molar refractivity (Wildman–Crippen MR) is 123 cm³/mol. The molecule has 2 rings (SSSR count). The maximum absolute atomic E-state index is 5.98. The summed E-state index contributed by atoms with van der Waals surface area (Å²) in [6.45, 7) is 9.26. The number of guanidine groups is 1. The lowest BCUT2D eigenvalue weighted by molar-refractivity contribution is -0.0390. The van der Waals surface area contributed by atoms with Crippen LogP contribution in [0.15, 0.2) is 29.3 Å². The first kappa shape index (κ1) is 24.2. The van der Waals surface area contributed by atoms with Gasteiger partial charge in [0, 0.05) is 33.4 Å². The highest BCUT2D eigenvalue weighted by Gasteiger charge is 2.13. The van der Waals surface area contributed by atoms with Crippen molar-refractivity contribution >= 4 is 29.9 Å². The number of ether oxygens (including phenoxy) is 2. The lowest BCUT2D eigenvalue weighted by atomic mass is 10.1. The molecule has 1 aliphatic rings. The van der Waals surface area contributed by atoms with Gasteiger partial charge in [0.2, 0.25) is 0 Å². The van der Waals surface area contributed by atoms with E-state index in [-0.39, 0.29) is 24.0 Å². The van der Waals surface area contributed by atoms with E-state index in [2.05, 4.69) is 55.4 Å².